The summed E-state index contributed by atoms with van der Waals surface area (Å²) in [6.45, 7) is 4.32. The highest BCUT2D eigenvalue weighted by Crippen LogP contribution is 2.38. The Kier molecular flexibility index (Phi) is 3.78. The first-order chi connectivity index (χ1) is 10.0. The highest BCUT2D eigenvalue weighted by Gasteiger charge is 2.45. The van der Waals surface area contributed by atoms with Crippen LogP contribution in [0.15, 0.2) is 12.4 Å². The molecule has 5 heteroatoms. The van der Waals surface area contributed by atoms with Crippen LogP contribution in [0.4, 0.5) is 0 Å². The maximum atomic E-state index is 12.1. The van der Waals surface area contributed by atoms with Gasteiger partial charge in [-0.3, -0.25) is 4.79 Å². The lowest BCUT2D eigenvalue weighted by molar-refractivity contribution is -0.126. The van der Waals surface area contributed by atoms with Gasteiger partial charge in [-0.05, 0) is 38.5 Å². The van der Waals surface area contributed by atoms with Crippen molar-refractivity contribution in [2.24, 2.45) is 5.73 Å². The molecule has 2 atom stereocenters. The van der Waals surface area contributed by atoms with Crippen molar-refractivity contribution in [1.82, 2.24) is 14.9 Å². The van der Waals surface area contributed by atoms with Crippen LogP contribution < -0.4 is 11.1 Å². The second kappa shape index (κ2) is 5.44. The number of aromatic nitrogens is 2. The Balaban J connectivity index is 1.83. The summed E-state index contributed by atoms with van der Waals surface area (Å²) in [5.74, 6) is 1.30. The van der Waals surface area contributed by atoms with Crippen molar-refractivity contribution < 1.29 is 4.79 Å². The van der Waals surface area contributed by atoms with Gasteiger partial charge in [0, 0.05) is 30.4 Å². The number of nitrogens with zero attached hydrogens (tertiary/aromatic N) is 2. The van der Waals surface area contributed by atoms with E-state index >= 15 is 0 Å². The second-order valence-electron chi connectivity index (χ2n) is 6.96. The molecule has 0 radical (unpaired) electrons. The molecule has 2 unspecified atom stereocenters. The molecule has 2 saturated carbocycles. The summed E-state index contributed by atoms with van der Waals surface area (Å²) in [4.78, 5) is 16.6. The van der Waals surface area contributed by atoms with Crippen molar-refractivity contribution in [2.45, 2.75) is 75.9 Å². The van der Waals surface area contributed by atoms with Gasteiger partial charge in [-0.2, -0.15) is 0 Å². The van der Waals surface area contributed by atoms with E-state index in [2.05, 4.69) is 28.7 Å². The molecule has 3 rings (SSSR count). The van der Waals surface area contributed by atoms with E-state index in [4.69, 9.17) is 5.73 Å². The molecule has 3 N–H and O–H groups in total. The predicted molar refractivity (Wildman–Crippen MR) is 81.9 cm³/mol. The number of rotatable bonds is 5. The summed E-state index contributed by atoms with van der Waals surface area (Å²) in [6, 6.07) is 0.806. The van der Waals surface area contributed by atoms with Crippen molar-refractivity contribution in [3.63, 3.8) is 0 Å². The number of hydrogen-bond acceptors (Lipinski definition) is 3. The fourth-order valence-corrected chi connectivity index (χ4v) is 3.61. The summed E-state index contributed by atoms with van der Waals surface area (Å²) in [6.07, 6.45) is 10.0. The molecule has 0 aliphatic heterocycles. The maximum absolute atomic E-state index is 12.1. The van der Waals surface area contributed by atoms with Crippen LogP contribution in [-0.4, -0.2) is 27.0 Å². The molecule has 2 fully saturated rings. The summed E-state index contributed by atoms with van der Waals surface area (Å²) in [5.41, 5.74) is 5.24. The molecule has 0 saturated heterocycles. The van der Waals surface area contributed by atoms with Crippen molar-refractivity contribution in [3.05, 3.63) is 18.2 Å². The first kappa shape index (κ1) is 14.6. The molecule has 1 aromatic heterocycles. The second-order valence-corrected chi connectivity index (χ2v) is 6.96. The smallest absolute Gasteiger partial charge is 0.237 e. The summed E-state index contributed by atoms with van der Waals surface area (Å²) >= 11 is 0. The van der Waals surface area contributed by atoms with E-state index in [-0.39, 0.29) is 5.91 Å². The number of amides is 1. The molecule has 116 valence electrons. The lowest BCUT2D eigenvalue weighted by Gasteiger charge is -2.40. The van der Waals surface area contributed by atoms with Gasteiger partial charge in [-0.15, -0.1) is 0 Å². The van der Waals surface area contributed by atoms with E-state index < -0.39 is 5.54 Å². The Morgan fingerprint density at radius 2 is 2.24 bits per heavy atom. The normalized spacial score (nSPS) is 29.8. The third kappa shape index (κ3) is 2.84. The standard InChI is InChI=1S/C16H26N4O/c1-11(2)14-18-8-9-20(14)13-4-3-7-16(10-13,15(17)21)19-12-5-6-12/h8-9,11-13,19H,3-7,10H2,1-2H3,(H2,17,21). The predicted octanol–water partition coefficient (Wildman–Crippen LogP) is 2.10. The van der Waals surface area contributed by atoms with Gasteiger partial charge in [0.05, 0.1) is 5.54 Å². The number of primary amides is 1. The molecule has 1 amide bonds. The monoisotopic (exact) mass is 290 g/mol. The van der Waals surface area contributed by atoms with E-state index in [0.717, 1.165) is 31.5 Å². The zero-order chi connectivity index (χ0) is 15.0. The Bertz CT molecular complexity index is 520. The average molecular weight is 290 g/mol. The number of carbonyl (C=O) groups excluding carboxylic acids is 1. The van der Waals surface area contributed by atoms with Crippen LogP contribution in [0, 0.1) is 0 Å². The molecule has 21 heavy (non-hydrogen) atoms. The van der Waals surface area contributed by atoms with Crippen LogP contribution in [-0.2, 0) is 4.79 Å². The Morgan fingerprint density at radius 1 is 1.48 bits per heavy atom. The van der Waals surface area contributed by atoms with Gasteiger partial charge in [0.25, 0.3) is 0 Å². The number of carbonyl (C=O) groups is 1. The van der Waals surface area contributed by atoms with E-state index in [1.54, 1.807) is 0 Å². The number of hydrogen-bond donors (Lipinski definition) is 2. The highest BCUT2D eigenvalue weighted by molar-refractivity contribution is 5.85. The topological polar surface area (TPSA) is 72.9 Å². The van der Waals surface area contributed by atoms with Crippen LogP contribution in [0.25, 0.3) is 0 Å². The molecular weight excluding hydrogens is 264 g/mol. The summed E-state index contributed by atoms with van der Waals surface area (Å²) in [7, 11) is 0. The van der Waals surface area contributed by atoms with E-state index in [1.165, 1.54) is 12.8 Å². The molecule has 1 heterocycles. The van der Waals surface area contributed by atoms with Crippen LogP contribution in [0.1, 0.15) is 70.2 Å². The van der Waals surface area contributed by atoms with Crippen molar-refractivity contribution in [1.29, 1.82) is 0 Å². The zero-order valence-electron chi connectivity index (χ0n) is 13.0. The molecule has 1 aromatic rings. The average Bonchev–Trinajstić information content (AvgIpc) is 3.10. The fourth-order valence-electron chi connectivity index (χ4n) is 3.61. The van der Waals surface area contributed by atoms with E-state index in [0.29, 0.717) is 18.0 Å². The van der Waals surface area contributed by atoms with Gasteiger partial charge in [0.1, 0.15) is 5.82 Å². The highest BCUT2D eigenvalue weighted by atomic mass is 16.1. The maximum Gasteiger partial charge on any atom is 0.237 e. The van der Waals surface area contributed by atoms with E-state index in [1.807, 2.05) is 12.4 Å². The lowest BCUT2D eigenvalue weighted by Crippen LogP contribution is -2.58. The minimum absolute atomic E-state index is 0.190. The number of imidazole rings is 1. The molecule has 2 aliphatic rings. The molecule has 5 nitrogen and oxygen atoms in total. The number of nitrogens with two attached hydrogens (primary N) is 1. The van der Waals surface area contributed by atoms with Gasteiger partial charge in [0.15, 0.2) is 0 Å². The quantitative estimate of drug-likeness (QED) is 0.872. The van der Waals surface area contributed by atoms with Crippen molar-refractivity contribution >= 4 is 5.91 Å². The molecular formula is C16H26N4O. The Labute approximate surface area is 126 Å². The van der Waals surface area contributed by atoms with Crippen LogP contribution >= 0.6 is 0 Å². The SMILES string of the molecule is CC(C)c1nccn1C1CCCC(NC2CC2)(C(N)=O)C1. The largest absolute Gasteiger partial charge is 0.368 e. The zero-order valence-corrected chi connectivity index (χ0v) is 13.0. The third-order valence-corrected chi connectivity index (χ3v) is 4.86. The van der Waals surface area contributed by atoms with Crippen LogP contribution in [0.5, 0.6) is 0 Å². The molecule has 0 bridgehead atoms. The van der Waals surface area contributed by atoms with Gasteiger partial charge in [0.2, 0.25) is 5.91 Å². The third-order valence-electron chi connectivity index (χ3n) is 4.86. The van der Waals surface area contributed by atoms with Crippen molar-refractivity contribution in [2.75, 3.05) is 0 Å². The number of nitrogens with one attached hydrogen (secondary N) is 1. The van der Waals surface area contributed by atoms with Gasteiger partial charge in [-0.1, -0.05) is 13.8 Å². The minimum atomic E-state index is -0.525. The van der Waals surface area contributed by atoms with Crippen LogP contribution in [0.2, 0.25) is 0 Å². The van der Waals surface area contributed by atoms with Crippen molar-refractivity contribution in [3.8, 4) is 0 Å². The summed E-state index contributed by atoms with van der Waals surface area (Å²) < 4.78 is 2.26. The molecule has 0 aromatic carbocycles. The fraction of sp³-hybridized carbons (Fsp3) is 0.750. The minimum Gasteiger partial charge on any atom is -0.368 e. The van der Waals surface area contributed by atoms with Gasteiger partial charge < -0.3 is 15.6 Å². The lowest BCUT2D eigenvalue weighted by atomic mass is 9.78. The van der Waals surface area contributed by atoms with Gasteiger partial charge >= 0.3 is 0 Å². The Morgan fingerprint density at radius 3 is 2.86 bits per heavy atom. The van der Waals surface area contributed by atoms with E-state index in [9.17, 15) is 4.79 Å². The summed E-state index contributed by atoms with van der Waals surface area (Å²) in [5, 5.41) is 3.54. The van der Waals surface area contributed by atoms with Gasteiger partial charge in [-0.25, -0.2) is 4.98 Å². The molecule has 0 spiro atoms. The first-order valence-corrected chi connectivity index (χ1v) is 8.12. The molecule has 2 aliphatic carbocycles. The Hall–Kier alpha value is -1.36. The van der Waals surface area contributed by atoms with Crippen LogP contribution in [0.3, 0.4) is 0 Å². The first-order valence-electron chi connectivity index (χ1n) is 8.12.